The first-order valence-electron chi connectivity index (χ1n) is 27.8. The summed E-state index contributed by atoms with van der Waals surface area (Å²) in [5.74, 6) is -2.13. The van der Waals surface area contributed by atoms with Crippen LogP contribution in [0.25, 0.3) is 49.9 Å². The van der Waals surface area contributed by atoms with Crippen LogP contribution in [0, 0.1) is 24.7 Å². The summed E-state index contributed by atoms with van der Waals surface area (Å²) in [7, 11) is 0. The number of benzene rings is 7. The fourth-order valence-electron chi connectivity index (χ4n) is 9.25. The predicted molar refractivity (Wildman–Crippen MR) is 284 cm³/mol. The van der Waals surface area contributed by atoms with E-state index in [0.717, 1.165) is 72.5 Å². The maximum atomic E-state index is 9.49. The SMILES string of the molecule is [2H]C([2H])([2H])C([2H])(C([2H])([2H])[2H])C([2H])([2H])c1cccc(-c2cccc(C(C)(C)C)c2)c1CCN1[CH-]N(c2[c-]c(COc3[c-]c4c(cc3)c3ccccc3n4-c3cc(C(C)(C)C)ccn3)ccc2)c2ccc(-c3ccccc3)cc21.[Pt]. The molecule has 0 N–H and O–H groups in total. The summed E-state index contributed by atoms with van der Waals surface area (Å²) in [5.41, 5.74) is 10.7. The zero-order valence-electron chi connectivity index (χ0n) is 48.8. The van der Waals surface area contributed by atoms with Crippen LogP contribution in [0.2, 0.25) is 0 Å². The van der Waals surface area contributed by atoms with E-state index in [1.165, 1.54) is 11.6 Å². The Morgan fingerprint density at radius 3 is 2.26 bits per heavy atom. The molecule has 0 amide bonds. The second-order valence-corrected chi connectivity index (χ2v) is 19.6. The number of rotatable bonds is 12. The van der Waals surface area contributed by atoms with Crippen molar-refractivity contribution in [1.29, 1.82) is 0 Å². The van der Waals surface area contributed by atoms with Gasteiger partial charge in [0.1, 0.15) is 5.82 Å². The minimum absolute atomic E-state index is 0. The zero-order chi connectivity index (χ0) is 54.9. The molecule has 0 bridgehead atoms. The smallest absolute Gasteiger partial charge is 0.135 e. The Morgan fingerprint density at radius 1 is 0.696 bits per heavy atom. The molecule has 2 aromatic heterocycles. The van der Waals surface area contributed by atoms with Crippen molar-refractivity contribution in [2.24, 2.45) is 5.89 Å². The number of ether oxygens (including phenoxy) is 1. The number of aromatic nitrogens is 2. The van der Waals surface area contributed by atoms with Crippen molar-refractivity contribution in [2.75, 3.05) is 16.3 Å². The summed E-state index contributed by atoms with van der Waals surface area (Å²) in [6, 6.07) is 58.8. The van der Waals surface area contributed by atoms with Gasteiger partial charge in [0.15, 0.2) is 0 Å². The Hall–Kier alpha value is -6.42. The van der Waals surface area contributed by atoms with Crippen molar-refractivity contribution in [3.05, 3.63) is 211 Å². The Bertz CT molecular complexity index is 3640. The van der Waals surface area contributed by atoms with Gasteiger partial charge in [0.25, 0.3) is 0 Å². The largest absolute Gasteiger partial charge is 0.517 e. The minimum Gasteiger partial charge on any atom is -0.517 e. The standard InChI is InChI=1S/C63H61N4O.Pt/c1-43(2)35-47-21-16-25-53(48-20-15-22-49(37-48)62(3,4)5)54(47)32-34-65-42-66(58-30-27-46(38-60(58)65)45-18-10-9-11-19-45)51-23-14-17-44(36-51)41-68-52-28-29-56-55-24-12-13-26-57(55)67(59(56)40-52)61-39-50(31-33-64-61)63(6,7)8;/h9-31,33,37-39,42-43H,32,34-35,41H2,1-8H3;/q-3;/i1D3,2D3,35D2,43D;. The van der Waals surface area contributed by atoms with Crippen molar-refractivity contribution in [3.8, 4) is 33.8 Å². The van der Waals surface area contributed by atoms with Crippen molar-refractivity contribution >= 4 is 38.9 Å². The molecule has 0 aliphatic carbocycles. The summed E-state index contributed by atoms with van der Waals surface area (Å²) >= 11 is 0. The van der Waals surface area contributed by atoms with E-state index in [1.54, 1.807) is 6.07 Å². The monoisotopic (exact) mass is 1090 g/mol. The van der Waals surface area contributed by atoms with Crippen LogP contribution in [0.5, 0.6) is 5.75 Å². The predicted octanol–water partition coefficient (Wildman–Crippen LogP) is 15.8. The summed E-state index contributed by atoms with van der Waals surface area (Å²) in [6.45, 7) is 8.30. The van der Waals surface area contributed by atoms with Crippen molar-refractivity contribution < 1.29 is 38.1 Å². The van der Waals surface area contributed by atoms with Crippen LogP contribution in [-0.2, 0) is 51.3 Å². The molecule has 6 heteroatoms. The molecule has 5 nitrogen and oxygen atoms in total. The molecule has 3 heterocycles. The third kappa shape index (κ3) is 9.90. The van der Waals surface area contributed by atoms with Gasteiger partial charge in [-0.1, -0.05) is 158 Å². The number of para-hydroxylation sites is 1. The van der Waals surface area contributed by atoms with Gasteiger partial charge in [-0.2, -0.15) is 37.0 Å². The van der Waals surface area contributed by atoms with Crippen molar-refractivity contribution in [2.45, 2.75) is 85.5 Å². The first kappa shape index (κ1) is 37.5. The molecule has 0 spiro atoms. The summed E-state index contributed by atoms with van der Waals surface area (Å²) in [4.78, 5) is 8.96. The van der Waals surface area contributed by atoms with Gasteiger partial charge in [0, 0.05) is 62.2 Å². The van der Waals surface area contributed by atoms with Gasteiger partial charge in [0.2, 0.25) is 0 Å². The molecule has 69 heavy (non-hydrogen) atoms. The van der Waals surface area contributed by atoms with Crippen LogP contribution in [0.4, 0.5) is 17.1 Å². The van der Waals surface area contributed by atoms with Gasteiger partial charge in [-0.25, -0.2) is 4.98 Å². The molecule has 7 aromatic carbocycles. The quantitative estimate of drug-likeness (QED) is 0.114. The summed E-state index contributed by atoms with van der Waals surface area (Å²) in [6.07, 6.45) is -1.15. The van der Waals surface area contributed by atoms with E-state index in [4.69, 9.17) is 19.3 Å². The number of nitrogens with zero attached hydrogens (tertiary/aromatic N) is 4. The molecule has 9 aromatic rings. The van der Waals surface area contributed by atoms with Gasteiger partial charge in [-0.15, -0.1) is 28.8 Å². The number of fused-ring (bicyclic) bond motifs is 4. The van der Waals surface area contributed by atoms with E-state index in [0.29, 0.717) is 16.9 Å². The molecule has 0 saturated carbocycles. The van der Waals surface area contributed by atoms with Gasteiger partial charge < -0.3 is 19.1 Å². The van der Waals surface area contributed by atoms with Crippen LogP contribution in [0.15, 0.2) is 164 Å². The van der Waals surface area contributed by atoms with Crippen molar-refractivity contribution in [1.82, 2.24) is 9.55 Å². The van der Waals surface area contributed by atoms with Gasteiger partial charge >= 0.3 is 0 Å². The van der Waals surface area contributed by atoms with E-state index in [9.17, 15) is 2.74 Å². The van der Waals surface area contributed by atoms with Crippen LogP contribution in [0.3, 0.4) is 0 Å². The first-order chi connectivity index (χ1) is 36.3. The average molecular weight is 1090 g/mol. The molecule has 352 valence electrons. The molecule has 0 atom stereocenters. The van der Waals surface area contributed by atoms with E-state index >= 15 is 0 Å². The number of pyridine rings is 1. The zero-order valence-corrected chi connectivity index (χ0v) is 42.1. The molecule has 0 radical (unpaired) electrons. The fourth-order valence-corrected chi connectivity index (χ4v) is 9.25. The van der Waals surface area contributed by atoms with Crippen LogP contribution in [0.1, 0.15) is 95.4 Å². The maximum Gasteiger partial charge on any atom is 0.135 e. The second-order valence-electron chi connectivity index (χ2n) is 19.6. The number of hydrogen-bond acceptors (Lipinski definition) is 4. The van der Waals surface area contributed by atoms with Crippen molar-refractivity contribution in [3.63, 3.8) is 0 Å². The van der Waals surface area contributed by atoms with Crippen LogP contribution in [-0.4, -0.2) is 16.1 Å². The second kappa shape index (κ2) is 19.5. The molecule has 10 rings (SSSR count). The third-order valence-corrected chi connectivity index (χ3v) is 12.9. The van der Waals surface area contributed by atoms with Crippen LogP contribution < -0.4 is 14.5 Å². The summed E-state index contributed by atoms with van der Waals surface area (Å²) < 4.78 is 86.9. The Kier molecular flexibility index (Phi) is 10.6. The minimum atomic E-state index is -3.52. The van der Waals surface area contributed by atoms with E-state index < -0.39 is 26.0 Å². The van der Waals surface area contributed by atoms with Crippen LogP contribution >= 0.6 is 0 Å². The summed E-state index contributed by atoms with van der Waals surface area (Å²) in [5, 5.41) is 2.13. The van der Waals surface area contributed by atoms with Gasteiger partial charge in [0.05, 0.1) is 6.61 Å². The maximum absolute atomic E-state index is 9.49. The van der Waals surface area contributed by atoms with E-state index in [-0.39, 0.29) is 57.0 Å². The molecule has 1 aliphatic rings. The molecule has 0 unspecified atom stereocenters. The average Bonchev–Trinajstić information content (AvgIpc) is 4.06. The first-order valence-corrected chi connectivity index (χ1v) is 23.3. The molecule has 0 saturated heterocycles. The van der Waals surface area contributed by atoms with E-state index in [2.05, 4.69) is 129 Å². The normalized spacial score (nSPS) is 15.4. The Morgan fingerprint density at radius 2 is 1.45 bits per heavy atom. The molecule has 1 aliphatic heterocycles. The topological polar surface area (TPSA) is 33.5 Å². The molecular weight excluding hydrogens is 1020 g/mol. The number of hydrogen-bond donors (Lipinski definition) is 0. The van der Waals surface area contributed by atoms with E-state index in [1.807, 2.05) is 97.8 Å². The molecule has 0 fully saturated rings. The third-order valence-electron chi connectivity index (χ3n) is 12.9. The number of anilines is 3. The fraction of sp³-hybridized carbons (Fsp3) is 0.238. The van der Waals surface area contributed by atoms with Gasteiger partial charge in [-0.3, -0.25) is 0 Å². The Labute approximate surface area is 436 Å². The molecular formula is C63H61N4OPt-3. The van der Waals surface area contributed by atoms with Gasteiger partial charge in [-0.05, 0) is 116 Å². The Balaban J connectivity index is 0.00000740.